The molecule has 2 nitrogen and oxygen atoms in total. The summed E-state index contributed by atoms with van der Waals surface area (Å²) in [5.74, 6) is -2.02. The second-order valence-corrected chi connectivity index (χ2v) is 5.08. The zero-order valence-electron chi connectivity index (χ0n) is 8.96. The molecule has 0 aliphatic rings. The van der Waals surface area contributed by atoms with Crippen LogP contribution >= 0.6 is 11.8 Å². The first-order valence-corrected chi connectivity index (χ1v) is 5.73. The van der Waals surface area contributed by atoms with E-state index in [9.17, 15) is 13.6 Å². The fourth-order valence-corrected chi connectivity index (χ4v) is 2.42. The van der Waals surface area contributed by atoms with Gasteiger partial charge in [-0.05, 0) is 30.9 Å². The van der Waals surface area contributed by atoms with E-state index in [1.165, 1.54) is 6.92 Å². The topological polar surface area (TPSA) is 37.3 Å². The summed E-state index contributed by atoms with van der Waals surface area (Å²) in [6, 6.07) is 2.85. The van der Waals surface area contributed by atoms with Gasteiger partial charge in [-0.2, -0.15) is 0 Å². The Kier molecular flexibility index (Phi) is 3.91. The van der Waals surface area contributed by atoms with E-state index in [1.54, 1.807) is 6.92 Å². The van der Waals surface area contributed by atoms with Crippen LogP contribution in [-0.2, 0) is 9.54 Å². The summed E-state index contributed by atoms with van der Waals surface area (Å²) in [6.45, 7) is 3.14. The molecule has 0 aromatic heterocycles. The van der Waals surface area contributed by atoms with Gasteiger partial charge in [0.2, 0.25) is 0 Å². The summed E-state index contributed by atoms with van der Waals surface area (Å²) in [7, 11) is 0. The molecule has 5 heteroatoms. The summed E-state index contributed by atoms with van der Waals surface area (Å²) >= 11 is 1.06. The van der Waals surface area contributed by atoms with E-state index in [1.807, 2.05) is 0 Å². The third kappa shape index (κ3) is 2.35. The van der Waals surface area contributed by atoms with Crippen molar-refractivity contribution in [3.63, 3.8) is 0 Å². The molecule has 0 bridgehead atoms. The van der Waals surface area contributed by atoms with Crippen molar-refractivity contribution in [1.29, 1.82) is 0 Å². The number of aliphatic carboxylic acids is 1. The van der Waals surface area contributed by atoms with Crippen molar-refractivity contribution < 1.29 is 18.7 Å². The summed E-state index contributed by atoms with van der Waals surface area (Å²) in [4.78, 5) is 11.2. The van der Waals surface area contributed by atoms with E-state index in [2.05, 4.69) is 0 Å². The van der Waals surface area contributed by atoms with Crippen molar-refractivity contribution in [2.75, 3.05) is 5.75 Å². The molecule has 1 unspecified atom stereocenters. The molecule has 0 fully saturated rings. The molecule has 16 heavy (non-hydrogen) atoms. The number of hydrogen-bond donors (Lipinski definition) is 1. The fraction of sp³-hybridized carbons (Fsp3) is 0.364. The Morgan fingerprint density at radius 3 is 2.62 bits per heavy atom. The minimum Gasteiger partial charge on any atom is -0.480 e. The molecule has 1 N–H and O–H groups in total. The van der Waals surface area contributed by atoms with Gasteiger partial charge in [0.05, 0.1) is 0 Å². The molecule has 1 rings (SSSR count). The maximum atomic E-state index is 13.5. The Balaban J connectivity index is 3.31. The summed E-state index contributed by atoms with van der Waals surface area (Å²) in [6.07, 6.45) is 0. The number of carbonyl (C=O) groups is 1. The van der Waals surface area contributed by atoms with Crippen LogP contribution in [0.15, 0.2) is 18.2 Å². The highest BCUT2D eigenvalue weighted by atomic mass is 32.2. The number of carboxylic acids is 1. The van der Waals surface area contributed by atoms with Gasteiger partial charge in [0.25, 0.3) is 0 Å². The molecule has 0 saturated carbocycles. The number of halogens is 2. The van der Waals surface area contributed by atoms with E-state index in [0.29, 0.717) is 5.75 Å². The smallest absolute Gasteiger partial charge is 0.324 e. The summed E-state index contributed by atoms with van der Waals surface area (Å²) < 4.78 is 25.1. The molecule has 1 atom stereocenters. The van der Waals surface area contributed by atoms with Crippen molar-refractivity contribution in [3.05, 3.63) is 35.4 Å². The van der Waals surface area contributed by atoms with Crippen molar-refractivity contribution >= 4 is 17.7 Å². The molecule has 0 spiro atoms. The number of carboxylic acid groups (broad SMARTS) is 1. The fourth-order valence-electron chi connectivity index (χ4n) is 1.41. The van der Waals surface area contributed by atoms with Crippen LogP contribution in [0.5, 0.6) is 0 Å². The van der Waals surface area contributed by atoms with E-state index >= 15 is 0 Å². The largest absolute Gasteiger partial charge is 0.480 e. The van der Waals surface area contributed by atoms with Gasteiger partial charge in [0.15, 0.2) is 0 Å². The number of benzene rings is 1. The van der Waals surface area contributed by atoms with E-state index < -0.39 is 22.4 Å². The molecule has 1 aromatic rings. The lowest BCUT2D eigenvalue weighted by molar-refractivity contribution is -0.139. The molecule has 1 aromatic carbocycles. The van der Waals surface area contributed by atoms with E-state index in [0.717, 1.165) is 30.0 Å². The lowest BCUT2D eigenvalue weighted by atomic mass is 9.99. The second-order valence-electron chi connectivity index (χ2n) is 3.40. The first-order chi connectivity index (χ1) is 7.41. The van der Waals surface area contributed by atoms with Gasteiger partial charge in [-0.15, -0.1) is 11.8 Å². The Labute approximate surface area is 96.7 Å². The lowest BCUT2D eigenvalue weighted by Gasteiger charge is -2.24. The van der Waals surface area contributed by atoms with Crippen LogP contribution in [0.4, 0.5) is 8.78 Å². The van der Waals surface area contributed by atoms with Gasteiger partial charge in [-0.25, -0.2) is 8.78 Å². The SMILES string of the molecule is CCSC(C)(C(=O)O)c1cc(F)ccc1F. The molecule has 0 aliphatic carbocycles. The molecule has 0 heterocycles. The van der Waals surface area contributed by atoms with Crippen LogP contribution in [0.3, 0.4) is 0 Å². The highest BCUT2D eigenvalue weighted by molar-refractivity contribution is 8.00. The molecule has 0 aliphatic heterocycles. The van der Waals surface area contributed by atoms with Crippen molar-refractivity contribution in [3.8, 4) is 0 Å². The van der Waals surface area contributed by atoms with Gasteiger partial charge >= 0.3 is 5.97 Å². The Hall–Kier alpha value is -1.10. The minimum absolute atomic E-state index is 0.133. The first kappa shape index (κ1) is 13.0. The maximum Gasteiger partial charge on any atom is 0.324 e. The molecule has 0 amide bonds. The van der Waals surface area contributed by atoms with Gasteiger partial charge < -0.3 is 5.11 Å². The number of rotatable bonds is 4. The minimum atomic E-state index is -1.46. The zero-order chi connectivity index (χ0) is 12.3. The molecule has 0 radical (unpaired) electrons. The van der Waals surface area contributed by atoms with Crippen LogP contribution in [0.1, 0.15) is 19.4 Å². The van der Waals surface area contributed by atoms with Crippen LogP contribution in [0.2, 0.25) is 0 Å². The van der Waals surface area contributed by atoms with Crippen LogP contribution in [-0.4, -0.2) is 16.8 Å². The second kappa shape index (κ2) is 4.82. The summed E-state index contributed by atoms with van der Waals surface area (Å²) in [5, 5.41) is 9.12. The van der Waals surface area contributed by atoms with Gasteiger partial charge in [0.1, 0.15) is 16.4 Å². The normalized spacial score (nSPS) is 14.5. The molecule has 0 saturated heterocycles. The van der Waals surface area contributed by atoms with E-state index in [4.69, 9.17) is 5.11 Å². The van der Waals surface area contributed by atoms with E-state index in [-0.39, 0.29) is 5.56 Å². The van der Waals surface area contributed by atoms with Crippen molar-refractivity contribution in [2.45, 2.75) is 18.6 Å². The average molecular weight is 246 g/mol. The molecule has 88 valence electrons. The molecular weight excluding hydrogens is 234 g/mol. The summed E-state index contributed by atoms with van der Waals surface area (Å²) in [5.41, 5.74) is -0.133. The Bertz CT molecular complexity index is 409. The van der Waals surface area contributed by atoms with Gasteiger partial charge in [0, 0.05) is 5.56 Å². The van der Waals surface area contributed by atoms with Crippen molar-refractivity contribution in [1.82, 2.24) is 0 Å². The predicted molar refractivity (Wildman–Crippen MR) is 59.5 cm³/mol. The van der Waals surface area contributed by atoms with Crippen molar-refractivity contribution in [2.24, 2.45) is 0 Å². The first-order valence-electron chi connectivity index (χ1n) is 4.74. The maximum absolute atomic E-state index is 13.5. The van der Waals surface area contributed by atoms with Gasteiger partial charge in [-0.3, -0.25) is 4.79 Å². The number of hydrogen-bond acceptors (Lipinski definition) is 2. The average Bonchev–Trinajstić information content (AvgIpc) is 2.21. The monoisotopic (exact) mass is 246 g/mol. The Morgan fingerprint density at radius 1 is 1.50 bits per heavy atom. The number of thioether (sulfide) groups is 1. The lowest BCUT2D eigenvalue weighted by Crippen LogP contribution is -2.30. The third-order valence-electron chi connectivity index (χ3n) is 2.28. The third-order valence-corrected chi connectivity index (χ3v) is 3.54. The predicted octanol–water partition coefficient (Wildman–Crippen LogP) is 3.02. The highest BCUT2D eigenvalue weighted by Gasteiger charge is 2.37. The standard InChI is InChI=1S/C11H12F2O2S/c1-3-16-11(2,10(14)15)8-6-7(12)4-5-9(8)13/h4-6H,3H2,1-2H3,(H,14,15). The molecular formula is C11H12F2O2S. The Morgan fingerprint density at radius 2 is 2.12 bits per heavy atom. The zero-order valence-corrected chi connectivity index (χ0v) is 9.78. The van der Waals surface area contributed by atoms with Crippen LogP contribution in [0, 0.1) is 11.6 Å². The quantitative estimate of drug-likeness (QED) is 0.887. The van der Waals surface area contributed by atoms with Gasteiger partial charge in [-0.1, -0.05) is 6.92 Å². The van der Waals surface area contributed by atoms with Crippen LogP contribution < -0.4 is 0 Å². The highest BCUT2D eigenvalue weighted by Crippen LogP contribution is 2.37. The van der Waals surface area contributed by atoms with Crippen LogP contribution in [0.25, 0.3) is 0 Å².